The minimum absolute atomic E-state index is 0. The van der Waals surface area contributed by atoms with E-state index in [1.54, 1.807) is 0 Å². The van der Waals surface area contributed by atoms with Gasteiger partial charge in [0.1, 0.15) is 0 Å². The van der Waals surface area contributed by atoms with Gasteiger partial charge in [0.2, 0.25) is 0 Å². The Balaban J connectivity index is 0.00000220. The number of hydrogen-bond acceptors (Lipinski definition) is 3. The van der Waals surface area contributed by atoms with E-state index in [1.807, 2.05) is 13.0 Å². The molecule has 1 aliphatic rings. The van der Waals surface area contributed by atoms with Crippen molar-refractivity contribution in [3.8, 4) is 5.75 Å². The lowest BCUT2D eigenvalue weighted by Gasteiger charge is -2.36. The van der Waals surface area contributed by atoms with Crippen molar-refractivity contribution in [3.63, 3.8) is 0 Å². The maximum atomic E-state index is 13.8. The second-order valence-electron chi connectivity index (χ2n) is 6.12. The van der Waals surface area contributed by atoms with Crippen LogP contribution in [0, 0.1) is 18.7 Å². The molecule has 1 aromatic rings. The van der Waals surface area contributed by atoms with E-state index < -0.39 is 5.82 Å². The maximum absolute atomic E-state index is 13.8. The lowest BCUT2D eigenvalue weighted by molar-refractivity contribution is 0.151. The molecular weight excluding hydrogens is 326 g/mol. The van der Waals surface area contributed by atoms with Gasteiger partial charge in [-0.15, -0.1) is 24.8 Å². The average molecular weight is 353 g/mol. The molecule has 6 heteroatoms. The lowest BCUT2D eigenvalue weighted by atomic mass is 9.93. The largest absolute Gasteiger partial charge is 0.505 e. The third-order valence-electron chi connectivity index (χ3n) is 3.88. The number of aryl methyl sites for hydroxylation is 1. The topological polar surface area (TPSA) is 35.5 Å². The first-order chi connectivity index (χ1) is 9.49. The van der Waals surface area contributed by atoms with E-state index in [4.69, 9.17) is 0 Å². The zero-order valence-electron chi connectivity index (χ0n) is 13.4. The van der Waals surface area contributed by atoms with Gasteiger partial charge < -0.3 is 10.4 Å². The molecule has 0 bridgehead atoms. The van der Waals surface area contributed by atoms with Crippen LogP contribution in [0.2, 0.25) is 0 Å². The molecule has 0 aromatic heterocycles. The van der Waals surface area contributed by atoms with E-state index in [9.17, 15) is 9.50 Å². The van der Waals surface area contributed by atoms with Crippen LogP contribution in [-0.2, 0) is 0 Å². The van der Waals surface area contributed by atoms with Crippen molar-refractivity contribution in [2.45, 2.75) is 33.2 Å². The van der Waals surface area contributed by atoms with Crippen LogP contribution in [0.25, 0.3) is 0 Å². The molecule has 2 N–H and O–H groups in total. The highest BCUT2D eigenvalue weighted by Gasteiger charge is 2.26. The van der Waals surface area contributed by atoms with Crippen molar-refractivity contribution in [1.82, 2.24) is 10.2 Å². The summed E-state index contributed by atoms with van der Waals surface area (Å²) in [5.74, 6) is -0.193. The number of halogens is 3. The summed E-state index contributed by atoms with van der Waals surface area (Å²) in [6.07, 6.45) is 0.927. The van der Waals surface area contributed by atoms with Crippen molar-refractivity contribution in [2.24, 2.45) is 5.92 Å². The second-order valence-corrected chi connectivity index (χ2v) is 6.12. The highest BCUT2D eigenvalue weighted by Crippen LogP contribution is 2.36. The minimum Gasteiger partial charge on any atom is -0.505 e. The van der Waals surface area contributed by atoms with Crippen molar-refractivity contribution in [1.29, 1.82) is 0 Å². The Hall–Kier alpha value is -0.550. The molecule has 3 nitrogen and oxygen atoms in total. The average Bonchev–Trinajstić information content (AvgIpc) is 2.41. The molecule has 0 radical (unpaired) electrons. The van der Waals surface area contributed by atoms with Gasteiger partial charge in [-0.1, -0.05) is 19.9 Å². The van der Waals surface area contributed by atoms with Crippen LogP contribution in [0.5, 0.6) is 5.75 Å². The Labute approximate surface area is 145 Å². The summed E-state index contributed by atoms with van der Waals surface area (Å²) in [7, 11) is 0. The monoisotopic (exact) mass is 352 g/mol. The molecule has 1 aromatic carbocycles. The summed E-state index contributed by atoms with van der Waals surface area (Å²) in [6.45, 7) is 9.97. The fourth-order valence-corrected chi connectivity index (χ4v) is 2.93. The van der Waals surface area contributed by atoms with Crippen molar-refractivity contribution < 1.29 is 9.50 Å². The van der Waals surface area contributed by atoms with Crippen molar-refractivity contribution in [2.75, 3.05) is 26.2 Å². The normalized spacial score (nSPS) is 16.8. The highest BCUT2D eigenvalue weighted by atomic mass is 35.5. The molecule has 1 aliphatic heterocycles. The molecule has 0 saturated carbocycles. The van der Waals surface area contributed by atoms with Gasteiger partial charge in [-0.05, 0) is 30.9 Å². The van der Waals surface area contributed by atoms with E-state index in [2.05, 4.69) is 24.1 Å². The number of rotatable bonds is 4. The number of nitrogens with one attached hydrogen (secondary N) is 1. The van der Waals surface area contributed by atoms with E-state index in [-0.39, 0.29) is 36.6 Å². The molecule has 0 aliphatic carbocycles. The summed E-state index contributed by atoms with van der Waals surface area (Å²) >= 11 is 0. The highest BCUT2D eigenvalue weighted by molar-refractivity contribution is 5.85. The van der Waals surface area contributed by atoms with Crippen LogP contribution in [0.4, 0.5) is 4.39 Å². The third-order valence-corrected chi connectivity index (χ3v) is 3.88. The smallest absolute Gasteiger partial charge is 0.165 e. The van der Waals surface area contributed by atoms with Gasteiger partial charge in [0.15, 0.2) is 11.6 Å². The molecule has 0 amide bonds. The predicted octanol–water partition coefficient (Wildman–Crippen LogP) is 3.68. The van der Waals surface area contributed by atoms with Gasteiger partial charge >= 0.3 is 0 Å². The number of nitrogens with zero attached hydrogens (tertiary/aromatic N) is 1. The standard InChI is InChI=1S/C16H25FN2O.2ClH/c1-11(2)8-15(19-6-4-18-5-7-19)13-9-12(3)10-14(17)16(13)20;;/h9-11,15,18,20H,4-8H2,1-3H3;2*1H/t15-;;/m0../s1. The van der Waals surface area contributed by atoms with Crippen LogP contribution < -0.4 is 5.32 Å². The summed E-state index contributed by atoms with van der Waals surface area (Å²) < 4.78 is 13.8. The molecule has 1 fully saturated rings. The first-order valence-corrected chi connectivity index (χ1v) is 7.42. The first kappa shape index (κ1) is 21.4. The number of phenols is 1. The van der Waals surface area contributed by atoms with Gasteiger partial charge in [-0.3, -0.25) is 4.90 Å². The fraction of sp³-hybridized carbons (Fsp3) is 0.625. The quantitative estimate of drug-likeness (QED) is 0.867. The van der Waals surface area contributed by atoms with E-state index in [0.29, 0.717) is 5.92 Å². The first-order valence-electron chi connectivity index (χ1n) is 7.42. The Kier molecular flexibility index (Phi) is 9.32. The zero-order valence-corrected chi connectivity index (χ0v) is 15.1. The summed E-state index contributed by atoms with van der Waals surface area (Å²) in [5, 5.41) is 13.5. The van der Waals surface area contributed by atoms with Crippen molar-refractivity contribution >= 4 is 24.8 Å². The van der Waals surface area contributed by atoms with Crippen LogP contribution in [0.1, 0.15) is 37.4 Å². The molecule has 22 heavy (non-hydrogen) atoms. The van der Waals surface area contributed by atoms with Crippen LogP contribution >= 0.6 is 24.8 Å². The number of benzene rings is 1. The Morgan fingerprint density at radius 2 is 1.82 bits per heavy atom. The van der Waals surface area contributed by atoms with Crippen molar-refractivity contribution in [3.05, 3.63) is 29.1 Å². The molecule has 1 saturated heterocycles. The van der Waals surface area contributed by atoms with Gasteiger partial charge in [0, 0.05) is 37.8 Å². The van der Waals surface area contributed by atoms with Gasteiger partial charge in [0.05, 0.1) is 0 Å². The fourth-order valence-electron chi connectivity index (χ4n) is 2.93. The molecule has 1 atom stereocenters. The van der Waals surface area contributed by atoms with Crippen LogP contribution in [0.3, 0.4) is 0 Å². The molecule has 0 unspecified atom stereocenters. The third kappa shape index (κ3) is 5.27. The van der Waals surface area contributed by atoms with E-state index in [1.165, 1.54) is 6.07 Å². The molecule has 0 spiro atoms. The summed E-state index contributed by atoms with van der Waals surface area (Å²) in [6, 6.07) is 3.41. The van der Waals surface area contributed by atoms with E-state index in [0.717, 1.165) is 43.7 Å². The number of phenolic OH excluding ortho intramolecular Hbond substituents is 1. The second kappa shape index (κ2) is 9.56. The molecule has 128 valence electrons. The minimum atomic E-state index is -0.510. The molecular formula is C16H27Cl2FN2O. The summed E-state index contributed by atoms with van der Waals surface area (Å²) in [4.78, 5) is 2.35. The molecule has 2 rings (SSSR count). The van der Waals surface area contributed by atoms with Crippen LogP contribution in [0.15, 0.2) is 12.1 Å². The number of aromatic hydroxyl groups is 1. The number of hydrogen-bond donors (Lipinski definition) is 2. The van der Waals surface area contributed by atoms with Gasteiger partial charge in [0.25, 0.3) is 0 Å². The maximum Gasteiger partial charge on any atom is 0.165 e. The number of piperazine rings is 1. The van der Waals surface area contributed by atoms with Gasteiger partial charge in [-0.2, -0.15) is 0 Å². The SMILES string of the molecule is Cc1cc(F)c(O)c([C@H](CC(C)C)N2CCNCC2)c1.Cl.Cl. The Bertz CT molecular complexity index is 466. The van der Waals surface area contributed by atoms with Crippen LogP contribution in [-0.4, -0.2) is 36.2 Å². The zero-order chi connectivity index (χ0) is 14.7. The summed E-state index contributed by atoms with van der Waals surface area (Å²) in [5.41, 5.74) is 1.59. The Morgan fingerprint density at radius 1 is 1.23 bits per heavy atom. The lowest BCUT2D eigenvalue weighted by Crippen LogP contribution is -2.45. The molecule has 1 heterocycles. The Morgan fingerprint density at radius 3 is 2.36 bits per heavy atom. The van der Waals surface area contributed by atoms with E-state index >= 15 is 0 Å². The van der Waals surface area contributed by atoms with Gasteiger partial charge in [-0.25, -0.2) is 4.39 Å². The predicted molar refractivity (Wildman–Crippen MR) is 93.9 cm³/mol.